The van der Waals surface area contributed by atoms with E-state index in [1.165, 1.54) is 55.3 Å². The number of piperazine rings is 1. The van der Waals surface area contributed by atoms with Crippen LogP contribution >= 0.6 is 11.6 Å². The van der Waals surface area contributed by atoms with Gasteiger partial charge in [-0.3, -0.25) is 19.2 Å². The van der Waals surface area contributed by atoms with Crippen molar-refractivity contribution in [1.29, 1.82) is 0 Å². The average molecular weight is 607 g/mol. The number of hydrogen-bond donors (Lipinski definition) is 3. The van der Waals surface area contributed by atoms with Crippen LogP contribution in [0, 0.1) is 11.6 Å². The van der Waals surface area contributed by atoms with Crippen molar-refractivity contribution in [2.75, 3.05) is 45.2 Å². The molecule has 0 atom stereocenters. The van der Waals surface area contributed by atoms with Gasteiger partial charge in [0.25, 0.3) is 18.3 Å². The Morgan fingerprint density at radius 2 is 1.76 bits per heavy atom. The first-order chi connectivity index (χ1) is 20.1. The Labute approximate surface area is 244 Å². The molecule has 15 heteroatoms. The number of halogens is 3. The minimum atomic E-state index is -1.14. The molecule has 0 aliphatic carbocycles. The van der Waals surface area contributed by atoms with Crippen LogP contribution in [0.25, 0.3) is 11.3 Å². The molecule has 4 rings (SSSR count). The molecular formula is C27H29ClF2N6O6. The molecule has 1 saturated heterocycles. The van der Waals surface area contributed by atoms with Gasteiger partial charge >= 0.3 is 0 Å². The van der Waals surface area contributed by atoms with Gasteiger partial charge in [-0.25, -0.2) is 9.37 Å². The first-order valence-electron chi connectivity index (χ1n) is 12.6. The highest BCUT2D eigenvalue weighted by molar-refractivity contribution is 6.34. The lowest BCUT2D eigenvalue weighted by atomic mass is 10.1. The molecule has 1 aliphatic rings. The van der Waals surface area contributed by atoms with Crippen molar-refractivity contribution >= 4 is 41.5 Å². The maximum Gasteiger partial charge on any atom is 0.291 e. The number of carbonyl (C=O) groups excluding carboxylic acids is 3. The molecule has 3 aromatic rings. The monoisotopic (exact) mass is 606 g/mol. The topological polar surface area (TPSA) is 160 Å². The highest BCUT2D eigenvalue weighted by Crippen LogP contribution is 2.30. The Morgan fingerprint density at radius 3 is 2.36 bits per heavy atom. The molecular weight excluding hydrogens is 578 g/mol. The van der Waals surface area contributed by atoms with E-state index in [9.17, 15) is 23.2 Å². The average Bonchev–Trinajstić information content (AvgIpc) is 3.35. The van der Waals surface area contributed by atoms with Crippen LogP contribution in [0.5, 0.6) is 5.75 Å². The molecule has 0 radical (unpaired) electrons. The van der Waals surface area contributed by atoms with E-state index in [0.717, 1.165) is 0 Å². The Bertz CT molecular complexity index is 1480. The van der Waals surface area contributed by atoms with Crippen molar-refractivity contribution in [3.05, 3.63) is 64.6 Å². The van der Waals surface area contributed by atoms with Crippen LogP contribution in [0.1, 0.15) is 27.4 Å². The van der Waals surface area contributed by atoms with Gasteiger partial charge in [-0.05, 0) is 30.3 Å². The van der Waals surface area contributed by atoms with E-state index >= 15 is 0 Å². The van der Waals surface area contributed by atoms with Crippen LogP contribution in [0.2, 0.25) is 5.02 Å². The molecule has 12 nitrogen and oxygen atoms in total. The zero-order valence-electron chi connectivity index (χ0n) is 22.8. The molecule has 3 amide bonds. The van der Waals surface area contributed by atoms with Crippen molar-refractivity contribution < 1.29 is 37.8 Å². The summed E-state index contributed by atoms with van der Waals surface area (Å²) in [7, 11) is 2.73. The fourth-order valence-corrected chi connectivity index (χ4v) is 4.58. The SMILES string of the molecule is COc1ccc(-c2cnc(C(=O)Nc3ccc(C(=O)N4CCN(C(=O)CCN)CC4)c(Cl)c3)n2C)c(F)c1F.O=CO. The van der Waals surface area contributed by atoms with Gasteiger partial charge in [0, 0.05) is 57.4 Å². The predicted octanol–water partition coefficient (Wildman–Crippen LogP) is 2.61. The summed E-state index contributed by atoms with van der Waals surface area (Å²) in [5.41, 5.74) is 6.11. The maximum atomic E-state index is 14.6. The minimum absolute atomic E-state index is 0.0381. The lowest BCUT2D eigenvalue weighted by Crippen LogP contribution is -2.50. The molecule has 224 valence electrons. The van der Waals surface area contributed by atoms with E-state index in [4.69, 9.17) is 32.0 Å². The summed E-state index contributed by atoms with van der Waals surface area (Å²) in [6, 6.07) is 7.10. The summed E-state index contributed by atoms with van der Waals surface area (Å²) in [4.78, 5) is 53.6. The molecule has 0 bridgehead atoms. The molecule has 1 fully saturated rings. The number of imidazole rings is 1. The predicted molar refractivity (Wildman–Crippen MR) is 149 cm³/mol. The number of ether oxygens (including phenoxy) is 1. The fraction of sp³-hybridized carbons (Fsp3) is 0.296. The summed E-state index contributed by atoms with van der Waals surface area (Å²) in [6.07, 6.45) is 1.53. The molecule has 2 aromatic carbocycles. The second-order valence-corrected chi connectivity index (χ2v) is 9.34. The van der Waals surface area contributed by atoms with Gasteiger partial charge in [-0.15, -0.1) is 0 Å². The van der Waals surface area contributed by atoms with Crippen LogP contribution in [-0.4, -0.2) is 88.5 Å². The Balaban J connectivity index is 0.00000155. The summed E-state index contributed by atoms with van der Waals surface area (Å²) < 4.78 is 34.9. The van der Waals surface area contributed by atoms with E-state index in [-0.39, 0.29) is 64.7 Å². The second-order valence-electron chi connectivity index (χ2n) is 8.94. The number of carboxylic acid groups (broad SMARTS) is 1. The van der Waals surface area contributed by atoms with Crippen LogP contribution in [0.15, 0.2) is 36.5 Å². The number of nitrogens with one attached hydrogen (secondary N) is 1. The summed E-state index contributed by atoms with van der Waals surface area (Å²) in [6.45, 7) is 1.58. The van der Waals surface area contributed by atoms with Gasteiger partial charge in [0.05, 0.1) is 29.6 Å². The third kappa shape index (κ3) is 7.01. The second kappa shape index (κ2) is 14.4. The van der Waals surface area contributed by atoms with Crippen molar-refractivity contribution in [1.82, 2.24) is 19.4 Å². The van der Waals surface area contributed by atoms with Crippen LogP contribution in [0.3, 0.4) is 0 Å². The van der Waals surface area contributed by atoms with Gasteiger partial charge in [-0.1, -0.05) is 11.6 Å². The van der Waals surface area contributed by atoms with E-state index in [0.29, 0.717) is 31.9 Å². The lowest BCUT2D eigenvalue weighted by Gasteiger charge is -2.35. The molecule has 2 heterocycles. The summed E-state index contributed by atoms with van der Waals surface area (Å²) >= 11 is 6.38. The van der Waals surface area contributed by atoms with E-state index in [1.807, 2.05) is 0 Å². The van der Waals surface area contributed by atoms with Gasteiger partial charge < -0.3 is 35.3 Å². The molecule has 42 heavy (non-hydrogen) atoms. The van der Waals surface area contributed by atoms with Gasteiger partial charge in [0.2, 0.25) is 11.7 Å². The zero-order valence-corrected chi connectivity index (χ0v) is 23.5. The van der Waals surface area contributed by atoms with Crippen LogP contribution in [0.4, 0.5) is 14.5 Å². The van der Waals surface area contributed by atoms with E-state index in [1.54, 1.807) is 9.80 Å². The molecule has 0 saturated carbocycles. The van der Waals surface area contributed by atoms with Crippen molar-refractivity contribution in [3.8, 4) is 17.0 Å². The van der Waals surface area contributed by atoms with E-state index in [2.05, 4.69) is 10.3 Å². The number of amides is 3. The smallest absolute Gasteiger partial charge is 0.291 e. The minimum Gasteiger partial charge on any atom is -0.494 e. The Kier molecular flexibility index (Phi) is 10.9. The van der Waals surface area contributed by atoms with E-state index < -0.39 is 17.5 Å². The Hall–Kier alpha value is -4.56. The number of carbonyl (C=O) groups is 4. The number of methoxy groups -OCH3 is 1. The molecule has 1 aromatic heterocycles. The van der Waals surface area contributed by atoms with Crippen molar-refractivity contribution in [3.63, 3.8) is 0 Å². The lowest BCUT2D eigenvalue weighted by molar-refractivity contribution is -0.132. The third-order valence-electron chi connectivity index (χ3n) is 6.47. The number of nitrogens with zero attached hydrogens (tertiary/aromatic N) is 4. The van der Waals surface area contributed by atoms with Gasteiger partial charge in [0.15, 0.2) is 17.4 Å². The number of nitrogens with two attached hydrogens (primary N) is 1. The maximum absolute atomic E-state index is 14.6. The van der Waals surface area contributed by atoms with Gasteiger partial charge in [-0.2, -0.15) is 4.39 Å². The first-order valence-corrected chi connectivity index (χ1v) is 13.0. The van der Waals surface area contributed by atoms with Gasteiger partial charge in [0.1, 0.15) is 0 Å². The molecule has 0 unspecified atom stereocenters. The van der Waals surface area contributed by atoms with Crippen molar-refractivity contribution in [2.45, 2.75) is 6.42 Å². The molecule has 0 spiro atoms. The summed E-state index contributed by atoms with van der Waals surface area (Å²) in [5.74, 6) is -3.51. The summed E-state index contributed by atoms with van der Waals surface area (Å²) in [5, 5.41) is 9.67. The third-order valence-corrected chi connectivity index (χ3v) is 6.78. The van der Waals surface area contributed by atoms with Crippen LogP contribution < -0.4 is 15.8 Å². The quantitative estimate of drug-likeness (QED) is 0.346. The highest BCUT2D eigenvalue weighted by Gasteiger charge is 2.26. The molecule has 4 N–H and O–H groups in total. The van der Waals surface area contributed by atoms with Crippen LogP contribution in [-0.2, 0) is 16.6 Å². The zero-order chi connectivity index (χ0) is 31.0. The fourth-order valence-electron chi connectivity index (χ4n) is 4.32. The highest BCUT2D eigenvalue weighted by atomic mass is 35.5. The number of anilines is 1. The molecule has 1 aliphatic heterocycles. The Morgan fingerprint density at radius 1 is 1.12 bits per heavy atom. The number of hydrogen-bond acceptors (Lipinski definition) is 7. The largest absolute Gasteiger partial charge is 0.494 e. The standard InChI is InChI=1S/C26H27ClF2N6O4.CH2O2/c1-33-19(17-5-6-20(39-2)23(29)22(17)28)14-31-24(33)25(37)32-15-3-4-16(18(27)13-15)26(38)35-11-9-34(10-12-35)21(36)7-8-30;2-1-3/h3-6,13-14H,7-12,30H2,1-2H3,(H,32,37);1H,(H,2,3). The number of aromatic nitrogens is 2. The van der Waals surface area contributed by atoms with Crippen molar-refractivity contribution in [2.24, 2.45) is 12.8 Å². The number of rotatable bonds is 7. The normalized spacial score (nSPS) is 12.7. The number of benzene rings is 2. The first kappa shape index (κ1) is 32.0.